The molecule has 1 fully saturated rings. The van der Waals surface area contributed by atoms with Crippen molar-refractivity contribution in [3.63, 3.8) is 0 Å². The van der Waals surface area contributed by atoms with Gasteiger partial charge in [0.15, 0.2) is 5.96 Å². The number of aliphatic imine (C=N–C) groups is 1. The van der Waals surface area contributed by atoms with Gasteiger partial charge in [0.1, 0.15) is 0 Å². The first-order valence-corrected chi connectivity index (χ1v) is 11.7. The Labute approximate surface area is 192 Å². The van der Waals surface area contributed by atoms with Gasteiger partial charge >= 0.3 is 0 Å². The van der Waals surface area contributed by atoms with Crippen LogP contribution in [0.1, 0.15) is 52.7 Å². The van der Waals surface area contributed by atoms with Crippen LogP contribution in [-0.2, 0) is 19.5 Å². The molecule has 6 heteroatoms. The molecule has 3 rings (SSSR count). The van der Waals surface area contributed by atoms with Crippen molar-refractivity contribution in [1.82, 2.24) is 20.9 Å². The molecular formula is C26H37N5O. The first-order valence-electron chi connectivity index (χ1n) is 11.7. The van der Waals surface area contributed by atoms with E-state index in [-0.39, 0.29) is 5.91 Å². The summed E-state index contributed by atoms with van der Waals surface area (Å²) in [5.41, 5.74) is 4.45. The molecule has 32 heavy (non-hydrogen) atoms. The molecule has 0 radical (unpaired) electrons. The van der Waals surface area contributed by atoms with Crippen LogP contribution in [-0.4, -0.2) is 50.5 Å². The van der Waals surface area contributed by atoms with Crippen molar-refractivity contribution < 1.29 is 4.79 Å². The Balaban J connectivity index is 1.45. The van der Waals surface area contributed by atoms with Crippen LogP contribution in [0.5, 0.6) is 0 Å². The van der Waals surface area contributed by atoms with Crippen molar-refractivity contribution in [1.29, 1.82) is 0 Å². The second kappa shape index (κ2) is 12.9. The minimum atomic E-state index is -0.0599. The molecule has 1 saturated heterocycles. The summed E-state index contributed by atoms with van der Waals surface area (Å²) in [6.07, 6.45) is 6.19. The third-order valence-corrected chi connectivity index (χ3v) is 5.90. The molecule has 1 heterocycles. The van der Waals surface area contributed by atoms with Crippen LogP contribution < -0.4 is 16.0 Å². The van der Waals surface area contributed by atoms with Gasteiger partial charge in [-0.15, -0.1) is 0 Å². The fourth-order valence-electron chi connectivity index (χ4n) is 4.13. The number of hydrogen-bond acceptors (Lipinski definition) is 3. The fraction of sp³-hybridized carbons (Fsp3) is 0.462. The lowest BCUT2D eigenvalue weighted by molar-refractivity contribution is 0.0963. The molecule has 2 aromatic rings. The summed E-state index contributed by atoms with van der Waals surface area (Å²) in [5.74, 6) is 0.723. The van der Waals surface area contributed by atoms with Gasteiger partial charge in [0.2, 0.25) is 0 Å². The highest BCUT2D eigenvalue weighted by atomic mass is 16.1. The Hall–Kier alpha value is -2.86. The highest BCUT2D eigenvalue weighted by molar-refractivity contribution is 5.94. The largest absolute Gasteiger partial charge is 0.356 e. The maximum atomic E-state index is 11.8. The third kappa shape index (κ3) is 7.68. The number of rotatable bonds is 8. The van der Waals surface area contributed by atoms with Crippen molar-refractivity contribution >= 4 is 11.9 Å². The van der Waals surface area contributed by atoms with Crippen molar-refractivity contribution in [2.75, 3.05) is 33.7 Å². The Bertz CT molecular complexity index is 887. The van der Waals surface area contributed by atoms with Crippen LogP contribution in [0, 0.1) is 0 Å². The zero-order valence-corrected chi connectivity index (χ0v) is 19.5. The maximum absolute atomic E-state index is 11.8. The van der Waals surface area contributed by atoms with Gasteiger partial charge in [-0.25, -0.2) is 0 Å². The normalized spacial score (nSPS) is 15.1. The SMILES string of the molecule is CN=C(NCCc1cccc(C(=O)NC)c1)NCc1cccc(CN2CCCCCC2)c1. The standard InChI is InChI=1S/C26H37N5O/c1-27-25(32)24-12-8-9-21(18-24)13-14-29-26(28-2)30-19-22-10-7-11-23(17-22)20-31-15-5-3-4-6-16-31/h7-12,17-18H,3-6,13-16,19-20H2,1-2H3,(H,27,32)(H2,28,29,30). The molecule has 172 valence electrons. The summed E-state index contributed by atoms with van der Waals surface area (Å²) in [7, 11) is 3.44. The summed E-state index contributed by atoms with van der Waals surface area (Å²) in [6, 6.07) is 16.6. The zero-order valence-electron chi connectivity index (χ0n) is 19.5. The van der Waals surface area contributed by atoms with E-state index in [1.54, 1.807) is 14.1 Å². The first kappa shape index (κ1) is 23.8. The number of carbonyl (C=O) groups excluding carboxylic acids is 1. The van der Waals surface area contributed by atoms with Crippen LogP contribution in [0.25, 0.3) is 0 Å². The van der Waals surface area contributed by atoms with E-state index in [2.05, 4.69) is 50.1 Å². The number of benzene rings is 2. The quantitative estimate of drug-likeness (QED) is 0.439. The average Bonchev–Trinajstić information content (AvgIpc) is 3.10. The van der Waals surface area contributed by atoms with Gasteiger partial charge in [0.25, 0.3) is 5.91 Å². The number of nitrogens with one attached hydrogen (secondary N) is 3. The molecule has 6 nitrogen and oxygen atoms in total. The van der Waals surface area contributed by atoms with Gasteiger partial charge in [-0.1, -0.05) is 49.2 Å². The summed E-state index contributed by atoms with van der Waals surface area (Å²) >= 11 is 0. The fourth-order valence-corrected chi connectivity index (χ4v) is 4.13. The first-order chi connectivity index (χ1) is 15.7. The molecule has 0 aliphatic carbocycles. The second-order valence-corrected chi connectivity index (χ2v) is 8.39. The number of amides is 1. The molecule has 0 unspecified atom stereocenters. The Kier molecular flexibility index (Phi) is 9.57. The molecule has 0 atom stereocenters. The maximum Gasteiger partial charge on any atom is 0.251 e. The van der Waals surface area contributed by atoms with Gasteiger partial charge < -0.3 is 16.0 Å². The molecule has 1 aliphatic heterocycles. The van der Waals surface area contributed by atoms with Crippen LogP contribution in [0.3, 0.4) is 0 Å². The summed E-state index contributed by atoms with van der Waals surface area (Å²) < 4.78 is 0. The molecule has 1 aliphatic rings. The highest BCUT2D eigenvalue weighted by Gasteiger charge is 2.10. The molecule has 0 bridgehead atoms. The van der Waals surface area contributed by atoms with Gasteiger partial charge in [0, 0.05) is 39.3 Å². The number of likely N-dealkylation sites (tertiary alicyclic amines) is 1. The Morgan fingerprint density at radius 1 is 0.938 bits per heavy atom. The summed E-state index contributed by atoms with van der Waals surface area (Å²) in [4.78, 5) is 18.7. The second-order valence-electron chi connectivity index (χ2n) is 8.39. The molecular weight excluding hydrogens is 398 g/mol. The van der Waals surface area contributed by atoms with Gasteiger partial charge in [-0.05, 0) is 61.2 Å². The predicted molar refractivity (Wildman–Crippen MR) is 132 cm³/mol. The van der Waals surface area contributed by atoms with E-state index in [1.807, 2.05) is 24.3 Å². The van der Waals surface area contributed by atoms with E-state index < -0.39 is 0 Å². The van der Waals surface area contributed by atoms with Crippen molar-refractivity contribution in [3.8, 4) is 0 Å². The monoisotopic (exact) mass is 435 g/mol. The third-order valence-electron chi connectivity index (χ3n) is 5.90. The molecule has 1 amide bonds. The minimum absolute atomic E-state index is 0.0599. The molecule has 0 saturated carbocycles. The molecule has 0 spiro atoms. The topological polar surface area (TPSA) is 68.8 Å². The number of carbonyl (C=O) groups is 1. The smallest absolute Gasteiger partial charge is 0.251 e. The van der Waals surface area contributed by atoms with E-state index in [4.69, 9.17) is 0 Å². The van der Waals surface area contributed by atoms with Crippen LogP contribution >= 0.6 is 0 Å². The number of guanidine groups is 1. The van der Waals surface area contributed by atoms with Gasteiger partial charge in [-0.3, -0.25) is 14.7 Å². The lowest BCUT2D eigenvalue weighted by Crippen LogP contribution is -2.37. The average molecular weight is 436 g/mol. The summed E-state index contributed by atoms with van der Waals surface area (Å²) in [5, 5.41) is 9.45. The molecule has 3 N–H and O–H groups in total. The van der Waals surface area contributed by atoms with E-state index in [9.17, 15) is 4.79 Å². The Morgan fingerprint density at radius 3 is 2.41 bits per heavy atom. The highest BCUT2D eigenvalue weighted by Crippen LogP contribution is 2.14. The van der Waals surface area contributed by atoms with E-state index in [0.29, 0.717) is 5.56 Å². The number of nitrogens with zero attached hydrogens (tertiary/aromatic N) is 2. The van der Waals surface area contributed by atoms with Crippen LogP contribution in [0.2, 0.25) is 0 Å². The minimum Gasteiger partial charge on any atom is -0.356 e. The van der Waals surface area contributed by atoms with Crippen LogP contribution in [0.4, 0.5) is 0 Å². The number of hydrogen-bond donors (Lipinski definition) is 3. The molecule has 0 aromatic heterocycles. The van der Waals surface area contributed by atoms with Crippen molar-refractivity contribution in [2.45, 2.75) is 45.2 Å². The van der Waals surface area contributed by atoms with E-state index >= 15 is 0 Å². The van der Waals surface area contributed by atoms with Gasteiger partial charge in [0.05, 0.1) is 0 Å². The van der Waals surface area contributed by atoms with E-state index in [1.165, 1.54) is 49.9 Å². The zero-order chi connectivity index (χ0) is 22.6. The van der Waals surface area contributed by atoms with Crippen molar-refractivity contribution in [2.24, 2.45) is 4.99 Å². The van der Waals surface area contributed by atoms with E-state index in [0.717, 1.165) is 37.6 Å². The molecule has 2 aromatic carbocycles. The lowest BCUT2D eigenvalue weighted by Gasteiger charge is -2.20. The lowest BCUT2D eigenvalue weighted by atomic mass is 10.1. The van der Waals surface area contributed by atoms with Crippen LogP contribution in [0.15, 0.2) is 53.5 Å². The summed E-state index contributed by atoms with van der Waals surface area (Å²) in [6.45, 7) is 4.94. The van der Waals surface area contributed by atoms with Crippen molar-refractivity contribution in [3.05, 3.63) is 70.8 Å². The predicted octanol–water partition coefficient (Wildman–Crippen LogP) is 3.33. The Morgan fingerprint density at radius 2 is 1.66 bits per heavy atom. The van der Waals surface area contributed by atoms with Gasteiger partial charge in [-0.2, -0.15) is 0 Å².